The number of carbonyl (C=O) groups excluding carboxylic acids is 2. The van der Waals surface area contributed by atoms with Crippen LogP contribution in [0.5, 0.6) is 5.75 Å². The predicted octanol–water partition coefficient (Wildman–Crippen LogP) is 1.11. The Morgan fingerprint density at radius 1 is 1.08 bits per heavy atom. The van der Waals surface area contributed by atoms with E-state index in [0.717, 1.165) is 36.3 Å². The molecule has 0 bridgehead atoms. The fourth-order valence-electron chi connectivity index (χ4n) is 3.54. The first-order valence-corrected chi connectivity index (χ1v) is 9.04. The molecular formula is C19H27N3O3. The number of benzene rings is 1. The molecule has 0 spiro atoms. The Morgan fingerprint density at radius 2 is 1.72 bits per heavy atom. The molecule has 136 valence electrons. The summed E-state index contributed by atoms with van der Waals surface area (Å²) in [5, 5.41) is 3.24. The molecule has 2 saturated heterocycles. The van der Waals surface area contributed by atoms with Crippen molar-refractivity contribution in [3.8, 4) is 5.75 Å². The Bertz CT molecular complexity index is 613. The molecule has 2 heterocycles. The lowest BCUT2D eigenvalue weighted by atomic mass is 10.1. The summed E-state index contributed by atoms with van der Waals surface area (Å²) >= 11 is 0. The number of ether oxygens (including phenoxy) is 1. The van der Waals surface area contributed by atoms with Crippen LogP contribution >= 0.6 is 0 Å². The molecule has 0 radical (unpaired) electrons. The van der Waals surface area contributed by atoms with E-state index in [0.29, 0.717) is 26.2 Å². The molecular weight excluding hydrogens is 318 g/mol. The summed E-state index contributed by atoms with van der Waals surface area (Å²) in [6.45, 7) is 7.35. The Hall–Kier alpha value is -2.08. The molecule has 0 aliphatic carbocycles. The highest BCUT2D eigenvalue weighted by atomic mass is 16.5. The van der Waals surface area contributed by atoms with E-state index in [1.54, 1.807) is 4.90 Å². The van der Waals surface area contributed by atoms with Gasteiger partial charge in [0.2, 0.25) is 5.91 Å². The first kappa shape index (κ1) is 17.7. The van der Waals surface area contributed by atoms with Gasteiger partial charge in [0, 0.05) is 26.2 Å². The minimum atomic E-state index is -0.0323. The second-order valence-electron chi connectivity index (χ2n) is 6.97. The lowest BCUT2D eigenvalue weighted by molar-refractivity contribution is -0.141. The molecule has 2 aliphatic heterocycles. The van der Waals surface area contributed by atoms with Crippen molar-refractivity contribution in [1.82, 2.24) is 15.1 Å². The average molecular weight is 345 g/mol. The highest BCUT2D eigenvalue weighted by Gasteiger charge is 2.30. The zero-order valence-electron chi connectivity index (χ0n) is 15.1. The fourth-order valence-corrected chi connectivity index (χ4v) is 3.54. The number of piperazine rings is 1. The van der Waals surface area contributed by atoms with E-state index in [9.17, 15) is 9.59 Å². The molecule has 25 heavy (non-hydrogen) atoms. The second-order valence-corrected chi connectivity index (χ2v) is 6.97. The quantitative estimate of drug-likeness (QED) is 0.888. The molecule has 3 rings (SSSR count). The summed E-state index contributed by atoms with van der Waals surface area (Å²) in [4.78, 5) is 28.4. The van der Waals surface area contributed by atoms with Crippen LogP contribution in [0.4, 0.5) is 0 Å². The molecule has 1 aromatic rings. The molecule has 2 aliphatic rings. The van der Waals surface area contributed by atoms with Gasteiger partial charge in [0.25, 0.3) is 5.91 Å². The SMILES string of the molecule is Cc1cc(C)cc(OCC(=O)N2CCN(C(=O)C3CCCN3)CC2)c1. The third-order valence-corrected chi connectivity index (χ3v) is 4.86. The van der Waals surface area contributed by atoms with Gasteiger partial charge in [-0.25, -0.2) is 0 Å². The largest absolute Gasteiger partial charge is 0.484 e. The number of amides is 2. The second kappa shape index (κ2) is 7.87. The van der Waals surface area contributed by atoms with Gasteiger partial charge in [0.1, 0.15) is 5.75 Å². The molecule has 0 aromatic heterocycles. The summed E-state index contributed by atoms with van der Waals surface area (Å²) in [5.74, 6) is 0.883. The van der Waals surface area contributed by atoms with Gasteiger partial charge in [-0.05, 0) is 56.5 Å². The summed E-state index contributed by atoms with van der Waals surface area (Å²) in [6.07, 6.45) is 1.98. The lowest BCUT2D eigenvalue weighted by Crippen LogP contribution is -2.54. The van der Waals surface area contributed by atoms with E-state index in [2.05, 4.69) is 11.4 Å². The monoisotopic (exact) mass is 345 g/mol. The van der Waals surface area contributed by atoms with E-state index in [4.69, 9.17) is 4.74 Å². The third-order valence-electron chi connectivity index (χ3n) is 4.86. The Labute approximate surface area is 149 Å². The minimum Gasteiger partial charge on any atom is -0.484 e. The van der Waals surface area contributed by atoms with Crippen molar-refractivity contribution in [2.24, 2.45) is 0 Å². The molecule has 6 nitrogen and oxygen atoms in total. The molecule has 1 aromatic carbocycles. The highest BCUT2D eigenvalue weighted by Crippen LogP contribution is 2.16. The fraction of sp³-hybridized carbons (Fsp3) is 0.579. The number of nitrogens with zero attached hydrogens (tertiary/aromatic N) is 2. The van der Waals surface area contributed by atoms with Crippen molar-refractivity contribution in [2.45, 2.75) is 32.7 Å². The topological polar surface area (TPSA) is 61.9 Å². The lowest BCUT2D eigenvalue weighted by Gasteiger charge is -2.35. The van der Waals surface area contributed by atoms with Crippen LogP contribution in [0.2, 0.25) is 0 Å². The maximum absolute atomic E-state index is 12.4. The Balaban J connectivity index is 1.45. The van der Waals surface area contributed by atoms with E-state index < -0.39 is 0 Å². The molecule has 1 unspecified atom stereocenters. The summed E-state index contributed by atoms with van der Waals surface area (Å²) < 4.78 is 5.66. The standard InChI is InChI=1S/C19H27N3O3/c1-14-10-15(2)12-16(11-14)25-13-18(23)21-6-8-22(9-7-21)19(24)17-4-3-5-20-17/h10-12,17,20H,3-9,13H2,1-2H3. The highest BCUT2D eigenvalue weighted by molar-refractivity contribution is 5.83. The number of rotatable bonds is 4. The maximum Gasteiger partial charge on any atom is 0.260 e. The van der Waals surface area contributed by atoms with Crippen LogP contribution in [-0.4, -0.2) is 67.0 Å². The van der Waals surface area contributed by atoms with Crippen molar-refractivity contribution in [3.63, 3.8) is 0 Å². The Kier molecular flexibility index (Phi) is 5.58. The third kappa shape index (κ3) is 4.51. The molecule has 6 heteroatoms. The summed E-state index contributed by atoms with van der Waals surface area (Å²) in [6, 6.07) is 5.91. The maximum atomic E-state index is 12.4. The molecule has 2 fully saturated rings. The van der Waals surface area contributed by atoms with Gasteiger partial charge in [-0.1, -0.05) is 6.07 Å². The summed E-state index contributed by atoms with van der Waals surface area (Å²) in [7, 11) is 0. The van der Waals surface area contributed by atoms with Gasteiger partial charge < -0.3 is 19.9 Å². The minimum absolute atomic E-state index is 0.0229. The van der Waals surface area contributed by atoms with Crippen LogP contribution in [0.1, 0.15) is 24.0 Å². The van der Waals surface area contributed by atoms with Gasteiger partial charge in [-0.15, -0.1) is 0 Å². The van der Waals surface area contributed by atoms with Gasteiger partial charge >= 0.3 is 0 Å². The van der Waals surface area contributed by atoms with Gasteiger partial charge in [-0.2, -0.15) is 0 Å². The van der Waals surface area contributed by atoms with Crippen LogP contribution in [0.3, 0.4) is 0 Å². The number of hydrogen-bond donors (Lipinski definition) is 1. The van der Waals surface area contributed by atoms with Crippen LogP contribution in [0, 0.1) is 13.8 Å². The van der Waals surface area contributed by atoms with Crippen molar-refractivity contribution < 1.29 is 14.3 Å². The van der Waals surface area contributed by atoms with Crippen LogP contribution in [0.25, 0.3) is 0 Å². The van der Waals surface area contributed by atoms with E-state index >= 15 is 0 Å². The summed E-state index contributed by atoms with van der Waals surface area (Å²) in [5.41, 5.74) is 2.24. The van der Waals surface area contributed by atoms with Gasteiger partial charge in [0.15, 0.2) is 6.61 Å². The Morgan fingerprint density at radius 3 is 2.32 bits per heavy atom. The zero-order chi connectivity index (χ0) is 17.8. The number of hydrogen-bond acceptors (Lipinski definition) is 4. The van der Waals surface area contributed by atoms with E-state index in [1.807, 2.05) is 30.9 Å². The number of aryl methyl sites for hydroxylation is 2. The average Bonchev–Trinajstić information content (AvgIpc) is 3.13. The van der Waals surface area contributed by atoms with Crippen molar-refractivity contribution in [1.29, 1.82) is 0 Å². The smallest absolute Gasteiger partial charge is 0.260 e. The first-order valence-electron chi connectivity index (χ1n) is 9.04. The molecule has 2 amide bonds. The van der Waals surface area contributed by atoms with Crippen molar-refractivity contribution in [2.75, 3.05) is 39.3 Å². The first-order chi connectivity index (χ1) is 12.0. The van der Waals surface area contributed by atoms with Crippen molar-refractivity contribution >= 4 is 11.8 Å². The van der Waals surface area contributed by atoms with E-state index in [-0.39, 0.29) is 24.5 Å². The molecule has 0 saturated carbocycles. The van der Waals surface area contributed by atoms with Gasteiger partial charge in [0.05, 0.1) is 6.04 Å². The predicted molar refractivity (Wildman–Crippen MR) is 95.6 cm³/mol. The van der Waals surface area contributed by atoms with Crippen LogP contribution in [-0.2, 0) is 9.59 Å². The zero-order valence-corrected chi connectivity index (χ0v) is 15.1. The van der Waals surface area contributed by atoms with E-state index in [1.165, 1.54) is 0 Å². The van der Waals surface area contributed by atoms with Crippen LogP contribution in [0.15, 0.2) is 18.2 Å². The normalized spacial score (nSPS) is 20.6. The van der Waals surface area contributed by atoms with Gasteiger partial charge in [-0.3, -0.25) is 9.59 Å². The molecule has 1 N–H and O–H groups in total. The number of nitrogens with one attached hydrogen (secondary N) is 1. The molecule has 1 atom stereocenters. The number of carbonyl (C=O) groups is 2. The van der Waals surface area contributed by atoms with Crippen LogP contribution < -0.4 is 10.1 Å². The van der Waals surface area contributed by atoms with Crippen molar-refractivity contribution in [3.05, 3.63) is 29.3 Å².